The number of nitrogens with two attached hydrogens (primary N) is 1. The van der Waals surface area contributed by atoms with Crippen molar-refractivity contribution in [2.24, 2.45) is 11.7 Å². The summed E-state index contributed by atoms with van der Waals surface area (Å²) < 4.78 is 1.90. The number of amides is 1. The molecule has 2 aromatic rings. The van der Waals surface area contributed by atoms with Crippen molar-refractivity contribution >= 4 is 11.6 Å². The predicted octanol–water partition coefficient (Wildman–Crippen LogP) is 0.795. The Labute approximate surface area is 141 Å². The van der Waals surface area contributed by atoms with Crippen molar-refractivity contribution in [3.63, 3.8) is 0 Å². The molecule has 0 spiro atoms. The van der Waals surface area contributed by atoms with Crippen molar-refractivity contribution in [3.8, 4) is 0 Å². The molecular formula is C17H24N6O. The Hall–Kier alpha value is -2.41. The zero-order valence-electron chi connectivity index (χ0n) is 14.2. The molecule has 1 unspecified atom stereocenters. The van der Waals surface area contributed by atoms with Crippen molar-refractivity contribution < 1.29 is 4.79 Å². The SMILES string of the molecule is CN(C)c1ccncc1CNCC1CCn2ncc(C(N)=O)c2C1. The van der Waals surface area contributed by atoms with Crippen LogP contribution in [0.2, 0.25) is 0 Å². The Kier molecular flexibility index (Phi) is 4.80. The second kappa shape index (κ2) is 7.00. The Bertz CT molecular complexity index is 724. The zero-order valence-corrected chi connectivity index (χ0v) is 14.2. The Morgan fingerprint density at radius 1 is 1.46 bits per heavy atom. The maximum Gasteiger partial charge on any atom is 0.252 e. The Morgan fingerprint density at radius 3 is 3.04 bits per heavy atom. The molecular weight excluding hydrogens is 304 g/mol. The summed E-state index contributed by atoms with van der Waals surface area (Å²) in [5.74, 6) is 0.0858. The quantitative estimate of drug-likeness (QED) is 0.818. The first kappa shape index (κ1) is 16.4. The highest BCUT2D eigenvalue weighted by Gasteiger charge is 2.24. The number of anilines is 1. The molecule has 3 heterocycles. The van der Waals surface area contributed by atoms with E-state index in [0.717, 1.165) is 38.2 Å². The molecule has 3 N–H and O–H groups in total. The minimum absolute atomic E-state index is 0.393. The van der Waals surface area contributed by atoms with E-state index in [1.807, 2.05) is 37.2 Å². The highest BCUT2D eigenvalue weighted by Crippen LogP contribution is 2.23. The van der Waals surface area contributed by atoms with Gasteiger partial charge in [0, 0.05) is 50.8 Å². The van der Waals surface area contributed by atoms with Crippen molar-refractivity contribution in [2.75, 3.05) is 25.5 Å². The van der Waals surface area contributed by atoms with Gasteiger partial charge in [0.25, 0.3) is 5.91 Å². The topological polar surface area (TPSA) is 89.1 Å². The van der Waals surface area contributed by atoms with Gasteiger partial charge in [-0.25, -0.2) is 0 Å². The second-order valence-corrected chi connectivity index (χ2v) is 6.48. The van der Waals surface area contributed by atoms with Gasteiger partial charge in [0.15, 0.2) is 0 Å². The van der Waals surface area contributed by atoms with Gasteiger partial charge in [-0.2, -0.15) is 5.10 Å². The molecule has 0 aliphatic carbocycles. The van der Waals surface area contributed by atoms with Crippen LogP contribution in [0.25, 0.3) is 0 Å². The molecule has 1 aliphatic heterocycles. The van der Waals surface area contributed by atoms with Crippen LogP contribution in [0, 0.1) is 5.92 Å². The fraction of sp³-hybridized carbons (Fsp3) is 0.471. The lowest BCUT2D eigenvalue weighted by Gasteiger charge is -2.24. The maximum atomic E-state index is 11.5. The number of rotatable bonds is 6. The van der Waals surface area contributed by atoms with Gasteiger partial charge in [-0.3, -0.25) is 14.5 Å². The average molecular weight is 328 g/mol. The molecule has 1 amide bonds. The smallest absolute Gasteiger partial charge is 0.252 e. The molecule has 2 aromatic heterocycles. The molecule has 7 nitrogen and oxygen atoms in total. The standard InChI is InChI=1S/C17H24N6O/c1-22(2)15-3-5-19-9-13(15)10-20-8-12-4-6-23-16(7-12)14(11-21-23)17(18)24/h3,5,9,11-12,20H,4,6-8,10H2,1-2H3,(H2,18,24). The highest BCUT2D eigenvalue weighted by molar-refractivity contribution is 5.93. The van der Waals surface area contributed by atoms with Crippen molar-refractivity contribution in [1.29, 1.82) is 0 Å². The van der Waals surface area contributed by atoms with Crippen LogP contribution in [0.1, 0.15) is 28.0 Å². The first-order valence-corrected chi connectivity index (χ1v) is 8.21. The van der Waals surface area contributed by atoms with E-state index in [0.29, 0.717) is 11.5 Å². The summed E-state index contributed by atoms with van der Waals surface area (Å²) in [4.78, 5) is 17.8. The van der Waals surface area contributed by atoms with Gasteiger partial charge in [-0.05, 0) is 31.4 Å². The van der Waals surface area contributed by atoms with E-state index >= 15 is 0 Å². The van der Waals surface area contributed by atoms with Gasteiger partial charge in [0.05, 0.1) is 17.5 Å². The molecule has 0 radical (unpaired) electrons. The van der Waals surface area contributed by atoms with Crippen molar-refractivity contribution in [2.45, 2.75) is 25.9 Å². The number of nitrogens with zero attached hydrogens (tertiary/aromatic N) is 4. The van der Waals surface area contributed by atoms with Gasteiger partial charge in [0.1, 0.15) is 0 Å². The van der Waals surface area contributed by atoms with E-state index in [9.17, 15) is 4.79 Å². The summed E-state index contributed by atoms with van der Waals surface area (Å²) >= 11 is 0. The molecule has 7 heteroatoms. The zero-order chi connectivity index (χ0) is 17.1. The molecule has 24 heavy (non-hydrogen) atoms. The average Bonchev–Trinajstić information content (AvgIpc) is 2.98. The Balaban J connectivity index is 1.59. The van der Waals surface area contributed by atoms with Crippen molar-refractivity contribution in [3.05, 3.63) is 41.5 Å². The molecule has 3 rings (SSSR count). The first-order chi connectivity index (χ1) is 11.6. The number of aromatic nitrogens is 3. The lowest BCUT2D eigenvalue weighted by molar-refractivity contribution is 0.0998. The molecule has 128 valence electrons. The third-order valence-electron chi connectivity index (χ3n) is 4.55. The number of fused-ring (bicyclic) bond motifs is 1. The lowest BCUT2D eigenvalue weighted by atomic mass is 9.94. The number of primary amides is 1. The predicted molar refractivity (Wildman–Crippen MR) is 92.8 cm³/mol. The van der Waals surface area contributed by atoms with E-state index in [4.69, 9.17) is 5.73 Å². The van der Waals surface area contributed by atoms with Crippen LogP contribution in [0.15, 0.2) is 24.7 Å². The molecule has 0 bridgehead atoms. The van der Waals surface area contributed by atoms with Gasteiger partial charge in [-0.15, -0.1) is 0 Å². The number of carbonyl (C=O) groups is 1. The molecule has 0 saturated heterocycles. The van der Waals surface area contributed by atoms with Crippen LogP contribution < -0.4 is 16.0 Å². The fourth-order valence-corrected chi connectivity index (χ4v) is 3.28. The molecule has 0 aromatic carbocycles. The minimum Gasteiger partial charge on any atom is -0.377 e. The molecule has 0 fully saturated rings. The summed E-state index contributed by atoms with van der Waals surface area (Å²) in [7, 11) is 4.07. The fourth-order valence-electron chi connectivity index (χ4n) is 3.28. The normalized spacial score (nSPS) is 16.7. The lowest BCUT2D eigenvalue weighted by Crippen LogP contribution is -2.30. The number of hydrogen-bond donors (Lipinski definition) is 2. The maximum absolute atomic E-state index is 11.5. The second-order valence-electron chi connectivity index (χ2n) is 6.48. The van der Waals surface area contributed by atoms with Gasteiger partial charge >= 0.3 is 0 Å². The van der Waals surface area contributed by atoms with Crippen LogP contribution >= 0.6 is 0 Å². The highest BCUT2D eigenvalue weighted by atomic mass is 16.1. The Morgan fingerprint density at radius 2 is 2.29 bits per heavy atom. The monoisotopic (exact) mass is 328 g/mol. The largest absolute Gasteiger partial charge is 0.377 e. The van der Waals surface area contributed by atoms with Crippen molar-refractivity contribution in [1.82, 2.24) is 20.1 Å². The van der Waals surface area contributed by atoms with E-state index < -0.39 is 5.91 Å². The number of nitrogens with one attached hydrogen (secondary N) is 1. The van der Waals surface area contributed by atoms with Crippen LogP contribution in [-0.4, -0.2) is 41.3 Å². The van der Waals surface area contributed by atoms with E-state index in [-0.39, 0.29) is 0 Å². The van der Waals surface area contributed by atoms with Crippen LogP contribution in [0.4, 0.5) is 5.69 Å². The van der Waals surface area contributed by atoms with Crippen LogP contribution in [-0.2, 0) is 19.5 Å². The summed E-state index contributed by atoms with van der Waals surface area (Å²) in [6, 6.07) is 2.02. The number of hydrogen-bond acceptors (Lipinski definition) is 5. The number of carbonyl (C=O) groups excluding carboxylic acids is 1. The van der Waals surface area contributed by atoms with Crippen LogP contribution in [0.5, 0.6) is 0 Å². The molecule has 1 aliphatic rings. The number of aryl methyl sites for hydroxylation is 1. The minimum atomic E-state index is -0.393. The van der Waals surface area contributed by atoms with E-state index in [2.05, 4.69) is 20.3 Å². The van der Waals surface area contributed by atoms with E-state index in [1.165, 1.54) is 11.3 Å². The van der Waals surface area contributed by atoms with Gasteiger partial charge in [0.2, 0.25) is 0 Å². The van der Waals surface area contributed by atoms with E-state index in [1.54, 1.807) is 6.20 Å². The summed E-state index contributed by atoms with van der Waals surface area (Å²) in [5, 5.41) is 7.78. The number of pyridine rings is 1. The van der Waals surface area contributed by atoms with Crippen LogP contribution in [0.3, 0.4) is 0 Å². The third kappa shape index (κ3) is 3.41. The summed E-state index contributed by atoms with van der Waals surface area (Å²) in [6.45, 7) is 2.51. The summed E-state index contributed by atoms with van der Waals surface area (Å²) in [6.07, 6.45) is 7.19. The third-order valence-corrected chi connectivity index (χ3v) is 4.55. The van der Waals surface area contributed by atoms with Gasteiger partial charge < -0.3 is 16.0 Å². The molecule has 1 atom stereocenters. The summed E-state index contributed by atoms with van der Waals surface area (Å²) in [5.41, 5.74) is 9.31. The van der Waals surface area contributed by atoms with Gasteiger partial charge in [-0.1, -0.05) is 0 Å². The first-order valence-electron chi connectivity index (χ1n) is 8.21. The molecule has 0 saturated carbocycles.